The lowest BCUT2D eigenvalue weighted by Gasteiger charge is -2.51. The van der Waals surface area contributed by atoms with Crippen LogP contribution in [0.2, 0.25) is 5.02 Å². The van der Waals surface area contributed by atoms with E-state index >= 15 is 4.79 Å². The largest absolute Gasteiger partial charge is 0.508 e. The quantitative estimate of drug-likeness (QED) is 0.227. The van der Waals surface area contributed by atoms with Crippen LogP contribution in [0.25, 0.3) is 0 Å². The standard InChI is InChI=1S/C38H31ClFN3O8/c39-22-3-1-21(2-4-22)38-29(35(48)43(37(38)50)41-24-7-5-23(40)6-8-24)17-28-26(33(38)20-15-19-16-25(44)9-12-30(19)51-18-20)10-11-27-32(28)36(49)42(34(27)47)14-13-31(45)46/h1-10,12,16,18,27-29,32-33,41,44H,11,13-15,17H2,(H,45,46)/t27-,28+,29-,32-,33-,38+/m0/s1. The van der Waals surface area contributed by atoms with Crippen LogP contribution in [0.3, 0.4) is 0 Å². The molecule has 0 unspecified atom stereocenters. The number of nitrogens with one attached hydrogen (secondary N) is 1. The number of benzene rings is 3. The van der Waals surface area contributed by atoms with E-state index in [1.165, 1.54) is 30.3 Å². The van der Waals surface area contributed by atoms with Gasteiger partial charge in [-0.2, -0.15) is 5.01 Å². The molecule has 51 heavy (non-hydrogen) atoms. The highest BCUT2D eigenvalue weighted by molar-refractivity contribution is 6.30. The molecule has 260 valence electrons. The van der Waals surface area contributed by atoms with Crippen molar-refractivity contribution in [2.45, 2.75) is 31.1 Å². The highest BCUT2D eigenvalue weighted by Gasteiger charge is 2.70. The van der Waals surface area contributed by atoms with Gasteiger partial charge >= 0.3 is 5.97 Å². The van der Waals surface area contributed by atoms with E-state index in [9.17, 15) is 33.8 Å². The number of ether oxygens (including phenoxy) is 1. The number of nitrogens with zero attached hydrogens (tertiary/aromatic N) is 2. The van der Waals surface area contributed by atoms with Crippen molar-refractivity contribution in [2.24, 2.45) is 29.6 Å². The molecule has 3 aliphatic heterocycles. The number of carboxylic acid groups (broad SMARTS) is 1. The Kier molecular flexibility index (Phi) is 7.75. The minimum absolute atomic E-state index is 0.0171. The molecule has 5 aliphatic rings. The van der Waals surface area contributed by atoms with Gasteiger partial charge in [0.05, 0.1) is 41.5 Å². The van der Waals surface area contributed by atoms with Crippen LogP contribution in [-0.2, 0) is 35.8 Å². The van der Waals surface area contributed by atoms with E-state index in [0.717, 1.165) is 9.91 Å². The van der Waals surface area contributed by atoms with Crippen LogP contribution in [0.5, 0.6) is 11.5 Å². The molecule has 11 nitrogen and oxygen atoms in total. The maximum Gasteiger partial charge on any atom is 0.305 e. The number of fused-ring (bicyclic) bond motifs is 5. The van der Waals surface area contributed by atoms with Gasteiger partial charge in [-0.15, -0.1) is 0 Å². The van der Waals surface area contributed by atoms with E-state index in [1.807, 2.05) is 6.08 Å². The number of aromatic hydroxyl groups is 1. The normalized spacial score (nSPS) is 27.9. The number of aliphatic carboxylic acids is 1. The first kappa shape index (κ1) is 32.7. The van der Waals surface area contributed by atoms with Crippen molar-refractivity contribution >= 4 is 46.9 Å². The smallest absolute Gasteiger partial charge is 0.305 e. The molecule has 3 aromatic rings. The first-order valence-corrected chi connectivity index (χ1v) is 17.0. The Morgan fingerprint density at radius 3 is 2.45 bits per heavy atom. The van der Waals surface area contributed by atoms with Gasteiger partial charge in [0.1, 0.15) is 17.3 Å². The monoisotopic (exact) mass is 711 g/mol. The van der Waals surface area contributed by atoms with E-state index in [4.69, 9.17) is 16.3 Å². The fourth-order valence-corrected chi connectivity index (χ4v) is 9.09. The van der Waals surface area contributed by atoms with Crippen LogP contribution >= 0.6 is 11.6 Å². The van der Waals surface area contributed by atoms with Crippen molar-refractivity contribution < 1.29 is 43.3 Å². The molecule has 2 aliphatic carbocycles. The molecule has 0 spiro atoms. The van der Waals surface area contributed by atoms with E-state index in [0.29, 0.717) is 38.7 Å². The summed E-state index contributed by atoms with van der Waals surface area (Å²) in [4.78, 5) is 70.0. The summed E-state index contributed by atoms with van der Waals surface area (Å²) in [5.74, 6) is -7.39. The number of rotatable bonds is 7. The Morgan fingerprint density at radius 1 is 0.980 bits per heavy atom. The molecule has 6 atom stereocenters. The van der Waals surface area contributed by atoms with Crippen molar-refractivity contribution in [2.75, 3.05) is 12.0 Å². The van der Waals surface area contributed by atoms with Crippen LogP contribution < -0.4 is 10.2 Å². The number of likely N-dealkylation sites (tertiary alicyclic amines) is 1. The van der Waals surface area contributed by atoms with Crippen LogP contribution in [-0.4, -0.2) is 56.3 Å². The minimum Gasteiger partial charge on any atom is -0.508 e. The topological polar surface area (TPSA) is 154 Å². The van der Waals surface area contributed by atoms with Crippen LogP contribution in [0.15, 0.2) is 90.2 Å². The molecule has 1 saturated carbocycles. The Hall–Kier alpha value is -5.49. The number of anilines is 1. The third kappa shape index (κ3) is 5.03. The Morgan fingerprint density at radius 2 is 1.73 bits per heavy atom. The number of allylic oxidation sites excluding steroid dienone is 3. The lowest BCUT2D eigenvalue weighted by atomic mass is 9.48. The zero-order chi connectivity index (χ0) is 35.8. The molecule has 3 aromatic carbocycles. The Labute approximate surface area is 295 Å². The van der Waals surface area contributed by atoms with Crippen molar-refractivity contribution in [3.63, 3.8) is 0 Å². The van der Waals surface area contributed by atoms with Crippen molar-refractivity contribution in [3.05, 3.63) is 112 Å². The summed E-state index contributed by atoms with van der Waals surface area (Å²) in [6, 6.07) is 16.6. The van der Waals surface area contributed by atoms with Crippen LogP contribution in [0, 0.1) is 35.4 Å². The lowest BCUT2D eigenvalue weighted by molar-refractivity contribution is -0.143. The molecule has 3 heterocycles. The van der Waals surface area contributed by atoms with Gasteiger partial charge in [0.15, 0.2) is 0 Å². The summed E-state index contributed by atoms with van der Waals surface area (Å²) in [6.45, 7) is -0.268. The summed E-state index contributed by atoms with van der Waals surface area (Å²) >= 11 is 6.34. The van der Waals surface area contributed by atoms with Gasteiger partial charge in [-0.1, -0.05) is 35.4 Å². The predicted octanol–water partition coefficient (Wildman–Crippen LogP) is 5.00. The Bertz CT molecular complexity index is 2080. The van der Waals surface area contributed by atoms with Gasteiger partial charge in [-0.25, -0.2) is 4.39 Å². The second-order valence-corrected chi connectivity index (χ2v) is 14.1. The van der Waals surface area contributed by atoms with Gasteiger partial charge in [-0.3, -0.25) is 34.3 Å². The average Bonchev–Trinajstić information content (AvgIpc) is 3.48. The summed E-state index contributed by atoms with van der Waals surface area (Å²) in [5, 5.41) is 21.0. The third-order valence-electron chi connectivity index (χ3n) is 11.0. The first-order chi connectivity index (χ1) is 24.5. The molecule has 8 rings (SSSR count). The van der Waals surface area contributed by atoms with E-state index < -0.39 is 76.8 Å². The molecule has 0 bridgehead atoms. The zero-order valence-corrected chi connectivity index (χ0v) is 27.7. The van der Waals surface area contributed by atoms with Crippen molar-refractivity contribution in [1.29, 1.82) is 0 Å². The lowest BCUT2D eigenvalue weighted by Crippen LogP contribution is -2.55. The number of carbonyl (C=O) groups is 5. The van der Waals surface area contributed by atoms with Gasteiger partial charge in [0.25, 0.3) is 11.8 Å². The molecule has 4 amide bonds. The number of halogens is 2. The number of carboxylic acids is 1. The van der Waals surface area contributed by atoms with Gasteiger partial charge in [0, 0.05) is 29.5 Å². The van der Waals surface area contributed by atoms with E-state index in [1.54, 1.807) is 42.7 Å². The number of phenols is 1. The van der Waals surface area contributed by atoms with E-state index in [2.05, 4.69) is 5.43 Å². The van der Waals surface area contributed by atoms with Crippen molar-refractivity contribution in [1.82, 2.24) is 9.91 Å². The summed E-state index contributed by atoms with van der Waals surface area (Å²) < 4.78 is 19.9. The van der Waals surface area contributed by atoms with Crippen LogP contribution in [0.4, 0.5) is 10.1 Å². The fourth-order valence-electron chi connectivity index (χ4n) is 8.96. The summed E-state index contributed by atoms with van der Waals surface area (Å²) in [7, 11) is 0. The Balaban J connectivity index is 1.31. The number of imide groups is 2. The zero-order valence-electron chi connectivity index (χ0n) is 26.9. The second kappa shape index (κ2) is 12.1. The molecule has 0 radical (unpaired) electrons. The number of hydrogen-bond donors (Lipinski definition) is 3. The van der Waals surface area contributed by atoms with Gasteiger partial charge < -0.3 is 14.9 Å². The number of hydrogen-bond acceptors (Lipinski definition) is 8. The predicted molar refractivity (Wildman–Crippen MR) is 179 cm³/mol. The molecular weight excluding hydrogens is 681 g/mol. The van der Waals surface area contributed by atoms with Crippen LogP contribution in [0.1, 0.15) is 30.4 Å². The first-order valence-electron chi connectivity index (χ1n) is 16.6. The highest BCUT2D eigenvalue weighted by atomic mass is 35.5. The highest BCUT2D eigenvalue weighted by Crippen LogP contribution is 2.63. The molecular formula is C38H31ClFN3O8. The molecule has 13 heteroatoms. The van der Waals surface area contributed by atoms with Gasteiger partial charge in [-0.05, 0) is 84.5 Å². The summed E-state index contributed by atoms with van der Waals surface area (Å²) in [5.41, 5.74) is 4.10. The summed E-state index contributed by atoms with van der Waals surface area (Å²) in [6.07, 6.45) is 3.49. The van der Waals surface area contributed by atoms with E-state index in [-0.39, 0.29) is 31.6 Å². The number of amides is 4. The number of carbonyl (C=O) groups excluding carboxylic acids is 4. The second-order valence-electron chi connectivity index (χ2n) is 13.6. The van der Waals surface area contributed by atoms with Gasteiger partial charge in [0.2, 0.25) is 11.8 Å². The fraction of sp³-hybridized carbons (Fsp3) is 0.289. The van der Waals surface area contributed by atoms with Crippen molar-refractivity contribution in [3.8, 4) is 11.5 Å². The molecule has 0 aromatic heterocycles. The maximum atomic E-state index is 15.2. The number of hydrazine groups is 1. The maximum absolute atomic E-state index is 15.2. The average molecular weight is 712 g/mol. The SMILES string of the molecule is O=C(O)CCN1C(=O)[C@H]2[C@H](CC=C3[C@H](C4=COc5ccc(O)cc5C4)[C@]4(c5ccc(Cl)cc5)C(=O)N(Nc5ccc(F)cc5)C(=O)[C@@H]4C[C@H]32)C1=O. The third-order valence-corrected chi connectivity index (χ3v) is 11.3. The molecule has 3 N–H and O–H groups in total. The molecule has 2 saturated heterocycles. The number of phenolic OH excluding ortho intramolecular Hbond substituents is 1. The molecule has 3 fully saturated rings. The minimum atomic E-state index is -1.58.